The number of hydrogen-bond donors (Lipinski definition) is 1. The molecule has 1 aromatic carbocycles. The maximum atomic E-state index is 4.37. The van der Waals surface area contributed by atoms with Gasteiger partial charge < -0.3 is 5.32 Å². The third-order valence-corrected chi connectivity index (χ3v) is 3.32. The molecular weight excluding hydrogens is 288 g/mol. The monoisotopic (exact) mass is 304 g/mol. The number of halogens is 1. The lowest BCUT2D eigenvalue weighted by molar-refractivity contribution is 0.867. The normalized spacial score (nSPS) is 10.7. The van der Waals surface area contributed by atoms with Gasteiger partial charge >= 0.3 is 0 Å². The van der Waals surface area contributed by atoms with E-state index in [-0.39, 0.29) is 0 Å². The first-order valence-corrected chi connectivity index (χ1v) is 6.84. The molecule has 0 bridgehead atoms. The molecule has 0 amide bonds. The van der Waals surface area contributed by atoms with Crippen molar-refractivity contribution in [1.82, 2.24) is 4.98 Å². The molecule has 1 heterocycles. The van der Waals surface area contributed by atoms with Crippen LogP contribution in [0.4, 0.5) is 11.5 Å². The zero-order valence-electron chi connectivity index (χ0n) is 10.9. The van der Waals surface area contributed by atoms with E-state index in [1.54, 1.807) is 6.20 Å². The summed E-state index contributed by atoms with van der Waals surface area (Å²) in [4.78, 5) is 4.37. The molecule has 0 radical (unpaired) electrons. The number of aryl methyl sites for hydroxylation is 1. The Morgan fingerprint density at radius 1 is 1.17 bits per heavy atom. The average molecular weight is 305 g/mol. The van der Waals surface area contributed by atoms with Gasteiger partial charge in [-0.05, 0) is 58.1 Å². The number of aromatic nitrogens is 1. The molecule has 0 spiro atoms. The second-order valence-electron chi connectivity index (χ2n) is 4.72. The standard InChI is InChI=1S/C15H17BrN2/c1-10(2)12-4-6-14(7-5-12)18-15-11(3)8-13(16)9-17-15/h4-10H,1-3H3,(H,17,18). The summed E-state index contributed by atoms with van der Waals surface area (Å²) in [5.41, 5.74) is 3.54. The van der Waals surface area contributed by atoms with Crippen LogP contribution in [-0.4, -0.2) is 4.98 Å². The fraction of sp³-hybridized carbons (Fsp3) is 0.267. The number of nitrogens with zero attached hydrogens (tertiary/aromatic N) is 1. The van der Waals surface area contributed by atoms with Crippen molar-refractivity contribution in [2.75, 3.05) is 5.32 Å². The van der Waals surface area contributed by atoms with Crippen LogP contribution in [0.25, 0.3) is 0 Å². The van der Waals surface area contributed by atoms with Crippen molar-refractivity contribution in [3.63, 3.8) is 0 Å². The third kappa shape index (κ3) is 3.10. The van der Waals surface area contributed by atoms with Gasteiger partial charge in [-0.2, -0.15) is 0 Å². The van der Waals surface area contributed by atoms with Crippen LogP contribution in [0, 0.1) is 6.92 Å². The Hall–Kier alpha value is -1.35. The van der Waals surface area contributed by atoms with Gasteiger partial charge in [0.05, 0.1) is 0 Å². The fourth-order valence-electron chi connectivity index (χ4n) is 1.76. The Morgan fingerprint density at radius 3 is 2.39 bits per heavy atom. The first-order chi connectivity index (χ1) is 8.56. The summed E-state index contributed by atoms with van der Waals surface area (Å²) < 4.78 is 1.00. The minimum Gasteiger partial charge on any atom is -0.340 e. The van der Waals surface area contributed by atoms with E-state index in [2.05, 4.69) is 70.4 Å². The van der Waals surface area contributed by atoms with E-state index >= 15 is 0 Å². The number of anilines is 2. The molecule has 0 aliphatic rings. The maximum absolute atomic E-state index is 4.37. The Labute approximate surface area is 117 Å². The summed E-state index contributed by atoms with van der Waals surface area (Å²) in [6.45, 7) is 6.44. The van der Waals surface area contributed by atoms with Crippen LogP contribution < -0.4 is 5.32 Å². The number of nitrogens with one attached hydrogen (secondary N) is 1. The molecule has 0 aliphatic heterocycles. The number of pyridine rings is 1. The van der Waals surface area contributed by atoms with Gasteiger partial charge in [-0.3, -0.25) is 0 Å². The van der Waals surface area contributed by atoms with Gasteiger partial charge in [0.1, 0.15) is 5.82 Å². The fourth-order valence-corrected chi connectivity index (χ4v) is 2.21. The topological polar surface area (TPSA) is 24.9 Å². The smallest absolute Gasteiger partial charge is 0.133 e. The second-order valence-corrected chi connectivity index (χ2v) is 5.64. The molecule has 0 saturated carbocycles. The molecule has 0 unspecified atom stereocenters. The van der Waals surface area contributed by atoms with Crippen molar-refractivity contribution in [3.05, 3.63) is 52.1 Å². The molecule has 18 heavy (non-hydrogen) atoms. The minimum atomic E-state index is 0.562. The van der Waals surface area contributed by atoms with E-state index < -0.39 is 0 Å². The lowest BCUT2D eigenvalue weighted by Crippen LogP contribution is -1.96. The number of hydrogen-bond acceptors (Lipinski definition) is 2. The van der Waals surface area contributed by atoms with Gasteiger partial charge in [0, 0.05) is 16.4 Å². The Balaban J connectivity index is 2.18. The van der Waals surface area contributed by atoms with Gasteiger partial charge in [-0.1, -0.05) is 26.0 Å². The summed E-state index contributed by atoms with van der Waals surface area (Å²) >= 11 is 3.42. The zero-order chi connectivity index (χ0) is 13.1. The Kier molecular flexibility index (Phi) is 4.02. The first-order valence-electron chi connectivity index (χ1n) is 6.05. The van der Waals surface area contributed by atoms with Gasteiger partial charge in [-0.15, -0.1) is 0 Å². The van der Waals surface area contributed by atoms with Crippen LogP contribution in [0.2, 0.25) is 0 Å². The summed E-state index contributed by atoms with van der Waals surface area (Å²) in [5, 5.41) is 3.33. The van der Waals surface area contributed by atoms with Crippen LogP contribution in [0.5, 0.6) is 0 Å². The van der Waals surface area contributed by atoms with Crippen LogP contribution >= 0.6 is 15.9 Å². The molecule has 2 aromatic rings. The maximum Gasteiger partial charge on any atom is 0.133 e. The highest BCUT2D eigenvalue weighted by molar-refractivity contribution is 9.10. The lowest BCUT2D eigenvalue weighted by atomic mass is 10.0. The third-order valence-electron chi connectivity index (χ3n) is 2.88. The van der Waals surface area contributed by atoms with Crippen LogP contribution in [0.15, 0.2) is 41.0 Å². The van der Waals surface area contributed by atoms with Gasteiger partial charge in [-0.25, -0.2) is 4.98 Å². The molecule has 2 nitrogen and oxygen atoms in total. The van der Waals surface area contributed by atoms with Crippen LogP contribution in [0.1, 0.15) is 30.9 Å². The van der Waals surface area contributed by atoms with E-state index in [4.69, 9.17) is 0 Å². The quantitative estimate of drug-likeness (QED) is 0.861. The van der Waals surface area contributed by atoms with Gasteiger partial charge in [0.15, 0.2) is 0 Å². The van der Waals surface area contributed by atoms with Crippen molar-refractivity contribution in [2.45, 2.75) is 26.7 Å². The SMILES string of the molecule is Cc1cc(Br)cnc1Nc1ccc(C(C)C)cc1. The molecule has 94 valence electrons. The molecule has 1 N–H and O–H groups in total. The van der Waals surface area contributed by atoms with E-state index in [0.29, 0.717) is 5.92 Å². The van der Waals surface area contributed by atoms with Crippen molar-refractivity contribution in [2.24, 2.45) is 0 Å². The van der Waals surface area contributed by atoms with E-state index in [0.717, 1.165) is 21.5 Å². The summed E-state index contributed by atoms with van der Waals surface area (Å²) in [7, 11) is 0. The minimum absolute atomic E-state index is 0.562. The molecule has 1 aromatic heterocycles. The Morgan fingerprint density at radius 2 is 1.83 bits per heavy atom. The average Bonchev–Trinajstić information content (AvgIpc) is 2.33. The highest BCUT2D eigenvalue weighted by atomic mass is 79.9. The van der Waals surface area contributed by atoms with Crippen molar-refractivity contribution < 1.29 is 0 Å². The molecular formula is C15H17BrN2. The summed E-state index contributed by atoms with van der Waals surface area (Å²) in [6.07, 6.45) is 1.80. The molecule has 0 aliphatic carbocycles. The Bertz CT molecular complexity index is 533. The largest absolute Gasteiger partial charge is 0.340 e. The van der Waals surface area contributed by atoms with Gasteiger partial charge in [0.25, 0.3) is 0 Å². The predicted octanol–water partition coefficient (Wildman–Crippen LogP) is 5.02. The predicted molar refractivity (Wildman–Crippen MR) is 80.5 cm³/mol. The van der Waals surface area contributed by atoms with Crippen molar-refractivity contribution in [1.29, 1.82) is 0 Å². The van der Waals surface area contributed by atoms with E-state index in [9.17, 15) is 0 Å². The number of rotatable bonds is 3. The molecule has 3 heteroatoms. The lowest BCUT2D eigenvalue weighted by Gasteiger charge is -2.10. The van der Waals surface area contributed by atoms with Crippen molar-refractivity contribution >= 4 is 27.4 Å². The van der Waals surface area contributed by atoms with Crippen molar-refractivity contribution in [3.8, 4) is 0 Å². The molecule has 0 fully saturated rings. The summed E-state index contributed by atoms with van der Waals surface area (Å²) in [5.74, 6) is 1.46. The summed E-state index contributed by atoms with van der Waals surface area (Å²) in [6, 6.07) is 10.6. The second kappa shape index (κ2) is 5.53. The molecule has 2 rings (SSSR count). The van der Waals surface area contributed by atoms with E-state index in [1.165, 1.54) is 5.56 Å². The van der Waals surface area contributed by atoms with Gasteiger partial charge in [0.2, 0.25) is 0 Å². The molecule has 0 atom stereocenters. The van der Waals surface area contributed by atoms with Crippen LogP contribution in [0.3, 0.4) is 0 Å². The zero-order valence-corrected chi connectivity index (χ0v) is 12.5. The highest BCUT2D eigenvalue weighted by Gasteiger charge is 2.02. The first kappa shape index (κ1) is 13.1. The van der Waals surface area contributed by atoms with E-state index in [1.807, 2.05) is 6.92 Å². The van der Waals surface area contributed by atoms with Crippen LogP contribution in [-0.2, 0) is 0 Å². The molecule has 0 saturated heterocycles. The number of benzene rings is 1. The highest BCUT2D eigenvalue weighted by Crippen LogP contribution is 2.22.